The Morgan fingerprint density at radius 3 is 2.83 bits per heavy atom. The van der Waals surface area contributed by atoms with Gasteiger partial charge in [0.2, 0.25) is 0 Å². The maximum Gasteiger partial charge on any atom is 0.0620 e. The number of hydrogen-bond acceptors (Lipinski definition) is 3. The third-order valence-corrected chi connectivity index (χ3v) is 3.61. The van der Waals surface area contributed by atoms with E-state index in [1.165, 1.54) is 6.42 Å². The van der Waals surface area contributed by atoms with E-state index in [9.17, 15) is 5.11 Å². The second-order valence-electron chi connectivity index (χ2n) is 4.11. The summed E-state index contributed by atoms with van der Waals surface area (Å²) in [5, 5.41) is 18.8. The SMILES string of the molecule is CN1[C@@H]2CC[C@@H]1[C@H](CO)[C@@H](O)C2. The molecule has 2 bridgehead atoms. The molecule has 3 nitrogen and oxygen atoms in total. The first-order valence-corrected chi connectivity index (χ1v) is 4.75. The maximum atomic E-state index is 9.68. The van der Waals surface area contributed by atoms with Gasteiger partial charge >= 0.3 is 0 Å². The van der Waals surface area contributed by atoms with Gasteiger partial charge in [0, 0.05) is 24.6 Å². The number of hydrogen-bond donors (Lipinski definition) is 2. The van der Waals surface area contributed by atoms with Crippen molar-refractivity contribution in [2.24, 2.45) is 5.92 Å². The summed E-state index contributed by atoms with van der Waals surface area (Å²) in [6, 6.07) is 0.983. The van der Waals surface area contributed by atoms with Crippen LogP contribution in [0, 0.1) is 5.92 Å². The smallest absolute Gasteiger partial charge is 0.0620 e. The lowest BCUT2D eigenvalue weighted by Gasteiger charge is -2.39. The number of fused-ring (bicyclic) bond motifs is 2. The molecule has 0 aliphatic carbocycles. The number of rotatable bonds is 1. The predicted molar refractivity (Wildman–Crippen MR) is 45.8 cm³/mol. The molecule has 2 heterocycles. The van der Waals surface area contributed by atoms with Gasteiger partial charge in [-0.05, 0) is 26.3 Å². The minimum Gasteiger partial charge on any atom is -0.396 e. The molecule has 12 heavy (non-hydrogen) atoms. The highest BCUT2D eigenvalue weighted by atomic mass is 16.3. The van der Waals surface area contributed by atoms with Crippen LogP contribution in [-0.2, 0) is 0 Å². The second-order valence-corrected chi connectivity index (χ2v) is 4.11. The zero-order chi connectivity index (χ0) is 8.72. The van der Waals surface area contributed by atoms with Crippen LogP contribution in [0.3, 0.4) is 0 Å². The summed E-state index contributed by atoms with van der Waals surface area (Å²) in [5.41, 5.74) is 0. The van der Waals surface area contributed by atoms with Crippen molar-refractivity contribution in [1.29, 1.82) is 0 Å². The minimum atomic E-state index is -0.274. The normalized spacial score (nSPS) is 48.2. The number of nitrogens with zero attached hydrogens (tertiary/aromatic N) is 1. The highest BCUT2D eigenvalue weighted by molar-refractivity contribution is 4.98. The molecule has 2 fully saturated rings. The Bertz CT molecular complexity index is 174. The van der Waals surface area contributed by atoms with Gasteiger partial charge in [-0.1, -0.05) is 0 Å². The van der Waals surface area contributed by atoms with Crippen LogP contribution in [-0.4, -0.2) is 47.0 Å². The van der Waals surface area contributed by atoms with E-state index in [1.54, 1.807) is 0 Å². The van der Waals surface area contributed by atoms with Gasteiger partial charge < -0.3 is 10.2 Å². The van der Waals surface area contributed by atoms with Crippen LogP contribution in [0.5, 0.6) is 0 Å². The van der Waals surface area contributed by atoms with Crippen molar-refractivity contribution >= 4 is 0 Å². The molecule has 2 rings (SSSR count). The van der Waals surface area contributed by atoms with Crippen LogP contribution >= 0.6 is 0 Å². The van der Waals surface area contributed by atoms with Crippen molar-refractivity contribution in [3.05, 3.63) is 0 Å². The van der Waals surface area contributed by atoms with Gasteiger partial charge in [0.25, 0.3) is 0 Å². The zero-order valence-corrected chi connectivity index (χ0v) is 7.48. The molecule has 0 aromatic rings. The Kier molecular flexibility index (Phi) is 2.10. The van der Waals surface area contributed by atoms with E-state index in [0.717, 1.165) is 12.8 Å². The van der Waals surface area contributed by atoms with E-state index < -0.39 is 0 Å². The first-order chi connectivity index (χ1) is 5.74. The molecular formula is C9H17NO2. The molecule has 2 aliphatic rings. The lowest BCUT2D eigenvalue weighted by molar-refractivity contribution is -0.0300. The van der Waals surface area contributed by atoms with Crippen molar-refractivity contribution in [2.45, 2.75) is 37.5 Å². The molecule has 0 aromatic carbocycles. The molecule has 70 valence electrons. The van der Waals surface area contributed by atoms with Crippen LogP contribution in [0.15, 0.2) is 0 Å². The molecular weight excluding hydrogens is 154 g/mol. The van der Waals surface area contributed by atoms with E-state index in [0.29, 0.717) is 12.1 Å². The molecule has 2 saturated heterocycles. The molecule has 2 aliphatic heterocycles. The van der Waals surface area contributed by atoms with E-state index in [4.69, 9.17) is 5.11 Å². The topological polar surface area (TPSA) is 43.7 Å². The van der Waals surface area contributed by atoms with Gasteiger partial charge in [-0.25, -0.2) is 0 Å². The third kappa shape index (κ3) is 1.08. The Morgan fingerprint density at radius 2 is 2.17 bits per heavy atom. The molecule has 4 atom stereocenters. The standard InChI is InChI=1S/C9H17NO2/c1-10-6-2-3-8(10)7(5-11)9(12)4-6/h6-9,11-12H,2-5H2,1H3/t6-,7+,8-,9+/m1/s1. The summed E-state index contributed by atoms with van der Waals surface area (Å²) < 4.78 is 0. The molecule has 0 unspecified atom stereocenters. The lowest BCUT2D eigenvalue weighted by Crippen LogP contribution is -2.50. The van der Waals surface area contributed by atoms with Gasteiger partial charge in [0.05, 0.1) is 6.10 Å². The number of aliphatic hydroxyl groups excluding tert-OH is 2. The first-order valence-electron chi connectivity index (χ1n) is 4.75. The fraction of sp³-hybridized carbons (Fsp3) is 1.00. The zero-order valence-electron chi connectivity index (χ0n) is 7.48. The predicted octanol–water partition coefficient (Wildman–Crippen LogP) is -0.178. The minimum absolute atomic E-state index is 0.0914. The summed E-state index contributed by atoms with van der Waals surface area (Å²) in [5.74, 6) is 0.0914. The van der Waals surface area contributed by atoms with Gasteiger partial charge in [0.15, 0.2) is 0 Å². The Labute approximate surface area is 73.0 Å². The fourth-order valence-corrected chi connectivity index (χ4v) is 2.79. The van der Waals surface area contributed by atoms with Crippen LogP contribution in [0.1, 0.15) is 19.3 Å². The van der Waals surface area contributed by atoms with Crippen molar-refractivity contribution in [3.63, 3.8) is 0 Å². The molecule has 0 saturated carbocycles. The average Bonchev–Trinajstić information content (AvgIpc) is 2.34. The molecule has 0 aromatic heterocycles. The second kappa shape index (κ2) is 2.98. The number of aliphatic hydroxyl groups is 2. The number of piperidine rings is 1. The van der Waals surface area contributed by atoms with E-state index >= 15 is 0 Å². The highest BCUT2D eigenvalue weighted by Gasteiger charge is 2.44. The van der Waals surface area contributed by atoms with Crippen molar-refractivity contribution in [1.82, 2.24) is 4.90 Å². The summed E-state index contributed by atoms with van der Waals surface area (Å²) in [7, 11) is 2.11. The molecule has 0 radical (unpaired) electrons. The molecule has 0 amide bonds. The van der Waals surface area contributed by atoms with Gasteiger partial charge in [-0.15, -0.1) is 0 Å². The lowest BCUT2D eigenvalue weighted by atomic mass is 9.88. The van der Waals surface area contributed by atoms with Crippen molar-refractivity contribution in [2.75, 3.05) is 13.7 Å². The highest BCUT2D eigenvalue weighted by Crippen LogP contribution is 2.37. The summed E-state index contributed by atoms with van der Waals surface area (Å²) in [6.45, 7) is 0.128. The summed E-state index contributed by atoms with van der Waals surface area (Å²) in [6.07, 6.45) is 2.90. The van der Waals surface area contributed by atoms with Crippen LogP contribution in [0.25, 0.3) is 0 Å². The van der Waals surface area contributed by atoms with Gasteiger partial charge in [-0.2, -0.15) is 0 Å². The molecule has 2 N–H and O–H groups in total. The van der Waals surface area contributed by atoms with Crippen LogP contribution in [0.2, 0.25) is 0 Å². The fourth-order valence-electron chi connectivity index (χ4n) is 2.79. The van der Waals surface area contributed by atoms with Gasteiger partial charge in [-0.3, -0.25) is 4.90 Å². The average molecular weight is 171 g/mol. The largest absolute Gasteiger partial charge is 0.396 e. The van der Waals surface area contributed by atoms with E-state index in [1.807, 2.05) is 0 Å². The first kappa shape index (κ1) is 8.48. The van der Waals surface area contributed by atoms with E-state index in [-0.39, 0.29) is 18.6 Å². The maximum absolute atomic E-state index is 9.68. The van der Waals surface area contributed by atoms with Crippen molar-refractivity contribution < 1.29 is 10.2 Å². The molecule has 3 heteroatoms. The van der Waals surface area contributed by atoms with E-state index in [2.05, 4.69) is 11.9 Å². The summed E-state index contributed by atoms with van der Waals surface area (Å²) >= 11 is 0. The Hall–Kier alpha value is -0.120. The van der Waals surface area contributed by atoms with Crippen LogP contribution in [0.4, 0.5) is 0 Å². The third-order valence-electron chi connectivity index (χ3n) is 3.61. The molecule has 0 spiro atoms. The van der Waals surface area contributed by atoms with Crippen molar-refractivity contribution in [3.8, 4) is 0 Å². The quantitative estimate of drug-likeness (QED) is 0.575. The Balaban J connectivity index is 2.14. The van der Waals surface area contributed by atoms with Crippen LogP contribution < -0.4 is 0 Å². The Morgan fingerprint density at radius 1 is 1.42 bits per heavy atom. The monoisotopic (exact) mass is 171 g/mol. The van der Waals surface area contributed by atoms with Gasteiger partial charge in [0.1, 0.15) is 0 Å². The summed E-state index contributed by atoms with van der Waals surface area (Å²) in [4.78, 5) is 2.33.